The molecule has 0 spiro atoms. The number of anilines is 1. The van der Waals surface area contributed by atoms with Crippen LogP contribution in [0.15, 0.2) is 53.1 Å². The number of aromatic nitrogens is 1. The van der Waals surface area contributed by atoms with Gasteiger partial charge in [0.1, 0.15) is 6.26 Å². The van der Waals surface area contributed by atoms with Crippen molar-refractivity contribution in [2.24, 2.45) is 0 Å². The standard InChI is InChI=1S/C26H28N2O3/c1-17-7-3-4-8-19(17)9-5-6-10-20-11-14-22(18(2)29)15-23(20)27-25(30)24-16-31-26(28-24)21-12-13-21/h3-4,7-8,11,14-16,21H,5-6,9-10,12-13H2,1-2H3,(H,27,30). The van der Waals surface area contributed by atoms with Gasteiger partial charge in [-0.1, -0.05) is 36.4 Å². The van der Waals surface area contributed by atoms with Gasteiger partial charge in [0, 0.05) is 17.2 Å². The molecule has 4 rings (SSSR count). The number of benzene rings is 2. The second kappa shape index (κ2) is 9.29. The van der Waals surface area contributed by atoms with Crippen molar-refractivity contribution < 1.29 is 14.0 Å². The van der Waals surface area contributed by atoms with Crippen molar-refractivity contribution in [3.63, 3.8) is 0 Å². The maximum absolute atomic E-state index is 12.7. The highest BCUT2D eigenvalue weighted by molar-refractivity contribution is 6.04. The molecule has 2 aromatic carbocycles. The Morgan fingerprint density at radius 3 is 2.52 bits per heavy atom. The third kappa shape index (κ3) is 5.29. The van der Waals surface area contributed by atoms with Crippen LogP contribution in [0.4, 0.5) is 5.69 Å². The topological polar surface area (TPSA) is 72.2 Å². The number of nitrogens with zero attached hydrogens (tertiary/aromatic N) is 1. The number of hydrogen-bond acceptors (Lipinski definition) is 4. The van der Waals surface area contributed by atoms with Gasteiger partial charge in [0.05, 0.1) is 0 Å². The summed E-state index contributed by atoms with van der Waals surface area (Å²) in [7, 11) is 0. The maximum Gasteiger partial charge on any atom is 0.277 e. The first-order valence-corrected chi connectivity index (χ1v) is 11.0. The van der Waals surface area contributed by atoms with Crippen LogP contribution >= 0.6 is 0 Å². The van der Waals surface area contributed by atoms with Gasteiger partial charge in [-0.15, -0.1) is 0 Å². The number of nitrogens with one attached hydrogen (secondary N) is 1. The molecule has 1 N–H and O–H groups in total. The Morgan fingerprint density at radius 2 is 1.81 bits per heavy atom. The van der Waals surface area contributed by atoms with Crippen molar-refractivity contribution in [2.45, 2.75) is 58.3 Å². The largest absolute Gasteiger partial charge is 0.448 e. The van der Waals surface area contributed by atoms with E-state index in [1.54, 1.807) is 6.07 Å². The molecule has 5 nitrogen and oxygen atoms in total. The van der Waals surface area contributed by atoms with E-state index in [1.807, 2.05) is 12.1 Å². The van der Waals surface area contributed by atoms with E-state index in [9.17, 15) is 9.59 Å². The lowest BCUT2D eigenvalue weighted by molar-refractivity contribution is 0.100. The summed E-state index contributed by atoms with van der Waals surface area (Å²) in [6.45, 7) is 3.67. The van der Waals surface area contributed by atoms with Crippen molar-refractivity contribution in [1.29, 1.82) is 0 Å². The van der Waals surface area contributed by atoms with Crippen LogP contribution in [0.2, 0.25) is 0 Å². The zero-order valence-electron chi connectivity index (χ0n) is 18.1. The Hall–Kier alpha value is -3.21. The highest BCUT2D eigenvalue weighted by Gasteiger charge is 2.29. The number of aryl methyl sites for hydroxylation is 3. The molecule has 1 aliphatic carbocycles. The number of ketones is 1. The molecule has 0 saturated heterocycles. The Morgan fingerprint density at radius 1 is 1.06 bits per heavy atom. The highest BCUT2D eigenvalue weighted by atomic mass is 16.3. The van der Waals surface area contributed by atoms with Crippen molar-refractivity contribution in [3.05, 3.63) is 82.6 Å². The third-order valence-corrected chi connectivity index (χ3v) is 5.85. The van der Waals surface area contributed by atoms with Gasteiger partial charge < -0.3 is 9.73 Å². The average Bonchev–Trinajstić information content (AvgIpc) is 3.49. The first kappa shape index (κ1) is 21.0. The van der Waals surface area contributed by atoms with E-state index >= 15 is 0 Å². The van der Waals surface area contributed by atoms with E-state index in [4.69, 9.17) is 4.42 Å². The fourth-order valence-electron chi connectivity index (χ4n) is 3.75. The molecular formula is C26H28N2O3. The molecule has 3 aromatic rings. The third-order valence-electron chi connectivity index (χ3n) is 5.85. The Bertz CT molecular complexity index is 1100. The highest BCUT2D eigenvalue weighted by Crippen LogP contribution is 2.39. The molecule has 1 aliphatic rings. The smallest absolute Gasteiger partial charge is 0.277 e. The van der Waals surface area contributed by atoms with E-state index in [-0.39, 0.29) is 17.4 Å². The predicted molar refractivity (Wildman–Crippen MR) is 121 cm³/mol. The molecule has 0 unspecified atom stereocenters. The molecule has 5 heteroatoms. The number of Topliss-reactive ketones (excluding diaryl/α,β-unsaturated/α-hetero) is 1. The van der Waals surface area contributed by atoms with Crippen LogP contribution in [-0.4, -0.2) is 16.7 Å². The summed E-state index contributed by atoms with van der Waals surface area (Å²) < 4.78 is 5.44. The Kier molecular flexibility index (Phi) is 6.31. The monoisotopic (exact) mass is 416 g/mol. The number of hydrogen-bond donors (Lipinski definition) is 1. The first-order valence-electron chi connectivity index (χ1n) is 11.0. The molecule has 1 aromatic heterocycles. The van der Waals surface area contributed by atoms with Crippen LogP contribution in [-0.2, 0) is 12.8 Å². The van der Waals surface area contributed by atoms with Gasteiger partial charge in [0.25, 0.3) is 5.91 Å². The molecular weight excluding hydrogens is 388 g/mol. The first-order chi connectivity index (χ1) is 15.0. The fraction of sp³-hybridized carbons (Fsp3) is 0.346. The van der Waals surface area contributed by atoms with Crippen LogP contribution < -0.4 is 5.32 Å². The van der Waals surface area contributed by atoms with E-state index in [0.29, 0.717) is 23.1 Å². The molecule has 1 fully saturated rings. The number of carbonyl (C=O) groups is 2. The summed E-state index contributed by atoms with van der Waals surface area (Å²) in [5, 5.41) is 2.95. The minimum absolute atomic E-state index is 0.0287. The normalized spacial score (nSPS) is 13.2. The van der Waals surface area contributed by atoms with Gasteiger partial charge in [-0.05, 0) is 75.1 Å². The second-order valence-electron chi connectivity index (χ2n) is 8.36. The van der Waals surface area contributed by atoms with Gasteiger partial charge in [-0.3, -0.25) is 9.59 Å². The predicted octanol–water partition coefficient (Wildman–Crippen LogP) is 5.88. The van der Waals surface area contributed by atoms with E-state index in [1.165, 1.54) is 24.3 Å². The summed E-state index contributed by atoms with van der Waals surface area (Å²) in [6.07, 6.45) is 7.45. The lowest BCUT2D eigenvalue weighted by Gasteiger charge is -2.12. The number of rotatable bonds is 9. The van der Waals surface area contributed by atoms with Crippen LogP contribution in [0.3, 0.4) is 0 Å². The lowest BCUT2D eigenvalue weighted by atomic mass is 9.98. The van der Waals surface area contributed by atoms with E-state index in [2.05, 4.69) is 41.5 Å². The van der Waals surface area contributed by atoms with Crippen LogP contribution in [0, 0.1) is 6.92 Å². The Balaban J connectivity index is 1.43. The van der Waals surface area contributed by atoms with E-state index in [0.717, 1.165) is 44.1 Å². The molecule has 160 valence electrons. The van der Waals surface area contributed by atoms with E-state index < -0.39 is 0 Å². The number of oxazole rings is 1. The summed E-state index contributed by atoms with van der Waals surface area (Å²) in [5.41, 5.74) is 5.25. The summed E-state index contributed by atoms with van der Waals surface area (Å²) >= 11 is 0. The number of carbonyl (C=O) groups excluding carboxylic acids is 2. The van der Waals surface area contributed by atoms with Gasteiger partial charge in [-0.25, -0.2) is 4.98 Å². The van der Waals surface area contributed by atoms with Crippen molar-refractivity contribution in [1.82, 2.24) is 4.98 Å². The Labute approximate surface area is 182 Å². The number of unbranched alkanes of at least 4 members (excludes halogenated alkanes) is 1. The average molecular weight is 417 g/mol. The van der Waals surface area contributed by atoms with Crippen molar-refractivity contribution in [3.8, 4) is 0 Å². The minimum Gasteiger partial charge on any atom is -0.448 e. The summed E-state index contributed by atoms with van der Waals surface area (Å²) in [6, 6.07) is 14.0. The molecule has 31 heavy (non-hydrogen) atoms. The van der Waals surface area contributed by atoms with Gasteiger partial charge in [-0.2, -0.15) is 0 Å². The summed E-state index contributed by atoms with van der Waals surface area (Å²) in [4.78, 5) is 28.9. The minimum atomic E-state index is -0.308. The molecule has 0 bridgehead atoms. The molecule has 0 atom stereocenters. The van der Waals surface area contributed by atoms with Crippen LogP contribution in [0.25, 0.3) is 0 Å². The zero-order valence-corrected chi connectivity index (χ0v) is 18.1. The van der Waals surface area contributed by atoms with Crippen LogP contribution in [0.1, 0.15) is 82.0 Å². The maximum atomic E-state index is 12.7. The van der Waals surface area contributed by atoms with Crippen LogP contribution in [0.5, 0.6) is 0 Å². The van der Waals surface area contributed by atoms with Gasteiger partial charge in [0.15, 0.2) is 17.4 Å². The second-order valence-corrected chi connectivity index (χ2v) is 8.36. The zero-order chi connectivity index (χ0) is 21.8. The van der Waals surface area contributed by atoms with Gasteiger partial charge >= 0.3 is 0 Å². The summed E-state index contributed by atoms with van der Waals surface area (Å²) in [5.74, 6) is 0.655. The number of amides is 1. The van der Waals surface area contributed by atoms with Crippen molar-refractivity contribution >= 4 is 17.4 Å². The van der Waals surface area contributed by atoms with Gasteiger partial charge in [0.2, 0.25) is 0 Å². The SMILES string of the molecule is CC(=O)c1ccc(CCCCc2ccccc2C)c(NC(=O)c2coc(C3CC3)n2)c1. The van der Waals surface area contributed by atoms with Crippen molar-refractivity contribution in [2.75, 3.05) is 5.32 Å². The molecule has 1 heterocycles. The fourth-order valence-corrected chi connectivity index (χ4v) is 3.75. The molecule has 0 radical (unpaired) electrons. The quantitative estimate of drug-likeness (QED) is 0.349. The lowest BCUT2D eigenvalue weighted by Crippen LogP contribution is -2.14. The molecule has 1 saturated carbocycles. The molecule has 0 aliphatic heterocycles. The molecule has 1 amide bonds.